The first-order valence-corrected chi connectivity index (χ1v) is 8.16. The molecule has 0 radical (unpaired) electrons. The number of fused-ring (bicyclic) bond motifs is 1. The van der Waals surface area contributed by atoms with E-state index in [2.05, 4.69) is 4.98 Å². The van der Waals surface area contributed by atoms with Crippen LogP contribution in [0.3, 0.4) is 0 Å². The van der Waals surface area contributed by atoms with E-state index in [9.17, 15) is 14.9 Å². The van der Waals surface area contributed by atoms with Crippen LogP contribution < -0.4 is 0 Å². The number of non-ortho nitro benzene ring substituents is 1. The topological polar surface area (TPSA) is 76.3 Å². The van der Waals surface area contributed by atoms with E-state index in [0.717, 1.165) is 15.2 Å². The molecular formula is C17H15N3O3S. The van der Waals surface area contributed by atoms with Crippen LogP contribution in [-0.4, -0.2) is 27.8 Å². The third kappa shape index (κ3) is 2.98. The van der Waals surface area contributed by atoms with Crippen LogP contribution in [-0.2, 0) is 0 Å². The molecular weight excluding hydrogens is 326 g/mol. The Balaban J connectivity index is 1.87. The van der Waals surface area contributed by atoms with Crippen molar-refractivity contribution < 1.29 is 9.72 Å². The fourth-order valence-corrected chi connectivity index (χ4v) is 3.43. The number of carbonyl (C=O) groups excluding carboxylic acids is 1. The molecule has 1 unspecified atom stereocenters. The minimum atomic E-state index is -0.506. The highest BCUT2D eigenvalue weighted by molar-refractivity contribution is 7.18. The minimum Gasteiger partial charge on any atom is -0.333 e. The summed E-state index contributed by atoms with van der Waals surface area (Å²) in [6, 6.07) is 13.3. The number of para-hydroxylation sites is 1. The molecule has 1 amide bonds. The van der Waals surface area contributed by atoms with Gasteiger partial charge in [0.1, 0.15) is 5.01 Å². The fraction of sp³-hybridized carbons (Fsp3) is 0.176. The molecule has 24 heavy (non-hydrogen) atoms. The number of aromatic nitrogens is 1. The molecule has 0 saturated heterocycles. The van der Waals surface area contributed by atoms with Crippen molar-refractivity contribution in [2.24, 2.45) is 0 Å². The van der Waals surface area contributed by atoms with Crippen molar-refractivity contribution in [2.45, 2.75) is 13.0 Å². The molecule has 0 bridgehead atoms. The second-order valence-corrected chi connectivity index (χ2v) is 6.48. The molecule has 7 heteroatoms. The van der Waals surface area contributed by atoms with Crippen molar-refractivity contribution in [3.05, 3.63) is 69.2 Å². The average molecular weight is 341 g/mol. The quantitative estimate of drug-likeness (QED) is 0.530. The Morgan fingerprint density at radius 1 is 1.25 bits per heavy atom. The lowest BCUT2D eigenvalue weighted by atomic mass is 10.1. The predicted molar refractivity (Wildman–Crippen MR) is 93.2 cm³/mol. The van der Waals surface area contributed by atoms with Crippen molar-refractivity contribution in [3.63, 3.8) is 0 Å². The Kier molecular flexibility index (Phi) is 4.26. The number of hydrogen-bond acceptors (Lipinski definition) is 5. The number of thiazole rings is 1. The first kappa shape index (κ1) is 16.1. The summed E-state index contributed by atoms with van der Waals surface area (Å²) in [6.45, 7) is 1.90. The van der Waals surface area contributed by atoms with Crippen LogP contribution in [0.2, 0.25) is 0 Å². The van der Waals surface area contributed by atoms with Gasteiger partial charge in [0.25, 0.3) is 11.6 Å². The Morgan fingerprint density at radius 3 is 2.71 bits per heavy atom. The van der Waals surface area contributed by atoms with Crippen molar-refractivity contribution in [1.82, 2.24) is 9.88 Å². The van der Waals surface area contributed by atoms with Crippen LogP contribution in [0.4, 0.5) is 5.69 Å². The van der Waals surface area contributed by atoms with Gasteiger partial charge in [-0.05, 0) is 25.1 Å². The van der Waals surface area contributed by atoms with Gasteiger partial charge in [-0.1, -0.05) is 18.2 Å². The fourth-order valence-electron chi connectivity index (χ4n) is 2.37. The highest BCUT2D eigenvalue weighted by atomic mass is 32.1. The molecule has 0 aliphatic heterocycles. The van der Waals surface area contributed by atoms with Gasteiger partial charge < -0.3 is 4.90 Å². The lowest BCUT2D eigenvalue weighted by Gasteiger charge is -2.23. The molecule has 2 aromatic carbocycles. The monoisotopic (exact) mass is 341 g/mol. The van der Waals surface area contributed by atoms with Crippen molar-refractivity contribution in [2.75, 3.05) is 7.05 Å². The molecule has 0 N–H and O–H groups in total. The third-order valence-electron chi connectivity index (χ3n) is 3.87. The van der Waals surface area contributed by atoms with Gasteiger partial charge in [0.2, 0.25) is 0 Å². The molecule has 1 atom stereocenters. The zero-order valence-corrected chi connectivity index (χ0v) is 14.0. The van der Waals surface area contributed by atoms with Crippen molar-refractivity contribution in [3.8, 4) is 0 Å². The summed E-state index contributed by atoms with van der Waals surface area (Å²) in [5.74, 6) is -0.273. The Morgan fingerprint density at radius 2 is 2.00 bits per heavy atom. The number of nitro groups is 1. The van der Waals surface area contributed by atoms with Crippen LogP contribution in [0.1, 0.15) is 28.3 Å². The number of nitrogens with zero attached hydrogens (tertiary/aromatic N) is 3. The predicted octanol–water partition coefficient (Wildman–Crippen LogP) is 4.04. The summed E-state index contributed by atoms with van der Waals surface area (Å²) in [5, 5.41) is 11.7. The maximum absolute atomic E-state index is 12.6. The number of benzene rings is 2. The molecule has 6 nitrogen and oxygen atoms in total. The molecule has 0 spiro atoms. The lowest BCUT2D eigenvalue weighted by molar-refractivity contribution is -0.384. The van der Waals surface area contributed by atoms with Gasteiger partial charge in [-0.15, -0.1) is 11.3 Å². The van der Waals surface area contributed by atoms with Crippen LogP contribution in [0.15, 0.2) is 48.5 Å². The van der Waals surface area contributed by atoms with Crippen LogP contribution in [0, 0.1) is 10.1 Å². The van der Waals surface area contributed by atoms with E-state index in [-0.39, 0.29) is 17.6 Å². The summed E-state index contributed by atoms with van der Waals surface area (Å²) >= 11 is 1.54. The number of carbonyl (C=O) groups is 1. The van der Waals surface area contributed by atoms with E-state index in [1.807, 2.05) is 31.2 Å². The van der Waals surface area contributed by atoms with Gasteiger partial charge in [0, 0.05) is 24.7 Å². The molecule has 0 aliphatic carbocycles. The SMILES string of the molecule is CC(c1nc2ccccc2s1)N(C)C(=O)c1cccc([N+](=O)[O-])c1. The molecule has 1 aromatic heterocycles. The maximum Gasteiger partial charge on any atom is 0.270 e. The molecule has 0 saturated carbocycles. The third-order valence-corrected chi connectivity index (χ3v) is 5.08. The number of amides is 1. The summed E-state index contributed by atoms with van der Waals surface area (Å²) in [4.78, 5) is 29.1. The zero-order chi connectivity index (χ0) is 17.3. The summed E-state index contributed by atoms with van der Waals surface area (Å²) < 4.78 is 1.07. The molecule has 1 heterocycles. The molecule has 0 aliphatic rings. The van der Waals surface area contributed by atoms with E-state index in [1.165, 1.54) is 18.2 Å². The highest BCUT2D eigenvalue weighted by Crippen LogP contribution is 2.29. The maximum atomic E-state index is 12.6. The number of rotatable bonds is 4. The highest BCUT2D eigenvalue weighted by Gasteiger charge is 2.23. The minimum absolute atomic E-state index is 0.0955. The van der Waals surface area contributed by atoms with Gasteiger partial charge in [0.05, 0.1) is 21.2 Å². The number of hydrogen-bond donors (Lipinski definition) is 0. The summed E-state index contributed by atoms with van der Waals surface area (Å²) in [5.41, 5.74) is 1.10. The molecule has 122 valence electrons. The largest absolute Gasteiger partial charge is 0.333 e. The Bertz CT molecular complexity index is 889. The van der Waals surface area contributed by atoms with Gasteiger partial charge in [0.15, 0.2) is 0 Å². The normalized spacial score (nSPS) is 12.1. The second-order valence-electron chi connectivity index (χ2n) is 5.42. The molecule has 0 fully saturated rings. The summed E-state index contributed by atoms with van der Waals surface area (Å²) in [7, 11) is 1.68. The Labute approximate surface area is 142 Å². The second kappa shape index (κ2) is 6.37. The zero-order valence-electron chi connectivity index (χ0n) is 13.2. The first-order chi connectivity index (χ1) is 11.5. The van der Waals surface area contributed by atoms with Crippen molar-refractivity contribution >= 4 is 33.1 Å². The number of nitro benzene ring substituents is 1. The van der Waals surface area contributed by atoms with Crippen molar-refractivity contribution in [1.29, 1.82) is 0 Å². The van der Waals surface area contributed by atoms with E-state index in [1.54, 1.807) is 29.4 Å². The van der Waals surface area contributed by atoms with Gasteiger partial charge in [-0.3, -0.25) is 14.9 Å². The van der Waals surface area contributed by atoms with E-state index < -0.39 is 4.92 Å². The van der Waals surface area contributed by atoms with E-state index in [0.29, 0.717) is 5.56 Å². The molecule has 3 rings (SSSR count). The van der Waals surface area contributed by atoms with E-state index in [4.69, 9.17) is 0 Å². The lowest BCUT2D eigenvalue weighted by Crippen LogP contribution is -2.29. The van der Waals surface area contributed by atoms with Crippen LogP contribution in [0.5, 0.6) is 0 Å². The van der Waals surface area contributed by atoms with Gasteiger partial charge >= 0.3 is 0 Å². The summed E-state index contributed by atoms with van der Waals surface area (Å²) in [6.07, 6.45) is 0. The van der Waals surface area contributed by atoms with Crippen LogP contribution in [0.25, 0.3) is 10.2 Å². The van der Waals surface area contributed by atoms with Gasteiger partial charge in [-0.2, -0.15) is 0 Å². The van der Waals surface area contributed by atoms with Crippen LogP contribution >= 0.6 is 11.3 Å². The average Bonchev–Trinajstić information content (AvgIpc) is 3.04. The Hall–Kier alpha value is -2.80. The molecule has 3 aromatic rings. The van der Waals surface area contributed by atoms with E-state index >= 15 is 0 Å². The first-order valence-electron chi connectivity index (χ1n) is 7.34. The standard InChI is InChI=1S/C17H15N3O3S/c1-11(16-18-14-8-3-4-9-15(14)24-16)19(2)17(21)12-6-5-7-13(10-12)20(22)23/h3-11H,1-2H3. The smallest absolute Gasteiger partial charge is 0.270 e. The van der Waals surface area contributed by atoms with Gasteiger partial charge in [-0.25, -0.2) is 4.98 Å².